The molecule has 1 fully saturated rings. The second kappa shape index (κ2) is 6.47. The molecule has 3 aromatic heterocycles. The lowest BCUT2D eigenvalue weighted by Crippen LogP contribution is -2.21. The van der Waals surface area contributed by atoms with E-state index in [9.17, 15) is 14.7 Å². The second-order valence-electron chi connectivity index (χ2n) is 7.90. The van der Waals surface area contributed by atoms with Gasteiger partial charge in [-0.15, -0.1) is 11.3 Å². The lowest BCUT2D eigenvalue weighted by atomic mass is 9.94. The van der Waals surface area contributed by atoms with Crippen molar-refractivity contribution in [1.82, 2.24) is 9.55 Å². The minimum absolute atomic E-state index is 0.0452. The van der Waals surface area contributed by atoms with Crippen LogP contribution in [0, 0.1) is 12.7 Å². The first-order valence-corrected chi connectivity index (χ1v) is 10.5. The molecule has 5 rings (SSSR count). The van der Waals surface area contributed by atoms with Crippen LogP contribution in [0.15, 0.2) is 17.1 Å². The van der Waals surface area contributed by atoms with Crippen molar-refractivity contribution < 1.29 is 14.3 Å². The van der Waals surface area contributed by atoms with E-state index in [1.54, 1.807) is 4.57 Å². The van der Waals surface area contributed by atoms with Crippen molar-refractivity contribution in [1.29, 1.82) is 0 Å². The Bertz CT molecular complexity index is 1240. The maximum atomic E-state index is 15.4. The Kier molecular flexibility index (Phi) is 4.11. The molecule has 0 bridgehead atoms. The van der Waals surface area contributed by atoms with Gasteiger partial charge in [-0.2, -0.15) is 0 Å². The van der Waals surface area contributed by atoms with Crippen molar-refractivity contribution in [2.75, 3.05) is 0 Å². The molecule has 1 unspecified atom stereocenters. The van der Waals surface area contributed by atoms with Crippen molar-refractivity contribution in [2.24, 2.45) is 5.73 Å². The highest BCUT2D eigenvalue weighted by atomic mass is 32.1. The van der Waals surface area contributed by atoms with E-state index >= 15 is 4.39 Å². The number of hydrogen-bond donors (Lipinski definition) is 2. The first kappa shape index (κ1) is 18.4. The Balaban J connectivity index is 1.80. The Morgan fingerprint density at radius 3 is 2.79 bits per heavy atom. The normalized spacial score (nSPS) is 18.8. The molecule has 0 aromatic carbocycles. The van der Waals surface area contributed by atoms with Crippen LogP contribution in [0.2, 0.25) is 0 Å². The lowest BCUT2D eigenvalue weighted by Gasteiger charge is -2.17. The van der Waals surface area contributed by atoms with Crippen molar-refractivity contribution >= 4 is 28.3 Å². The number of hydrogen-bond acceptors (Lipinski definition) is 5. The van der Waals surface area contributed by atoms with Crippen LogP contribution in [0.1, 0.15) is 64.1 Å². The molecule has 3 heterocycles. The van der Waals surface area contributed by atoms with E-state index in [2.05, 4.69) is 4.98 Å². The highest BCUT2D eigenvalue weighted by Crippen LogP contribution is 2.41. The highest BCUT2D eigenvalue weighted by Gasteiger charge is 2.30. The Hall–Kier alpha value is -2.58. The van der Waals surface area contributed by atoms with Crippen molar-refractivity contribution in [3.63, 3.8) is 0 Å². The van der Waals surface area contributed by atoms with Crippen molar-refractivity contribution in [2.45, 2.75) is 51.1 Å². The summed E-state index contributed by atoms with van der Waals surface area (Å²) in [7, 11) is 0. The van der Waals surface area contributed by atoms with Gasteiger partial charge < -0.3 is 15.4 Å². The smallest absolute Gasteiger partial charge is 0.341 e. The maximum Gasteiger partial charge on any atom is 0.341 e. The fourth-order valence-electron chi connectivity index (χ4n) is 4.17. The number of rotatable bonds is 3. The van der Waals surface area contributed by atoms with Crippen molar-refractivity contribution in [3.05, 3.63) is 49.9 Å². The molecule has 1 saturated carbocycles. The number of aromatic carboxylic acids is 1. The predicted molar refractivity (Wildman–Crippen MR) is 109 cm³/mol. The average Bonchev–Trinajstić information content (AvgIpc) is 3.42. The number of fused-ring (bicyclic) bond motifs is 2. The number of nitrogens with two attached hydrogens (primary N) is 1. The zero-order valence-electron chi connectivity index (χ0n) is 15.9. The van der Waals surface area contributed by atoms with E-state index < -0.39 is 17.2 Å². The molecule has 6 nitrogen and oxygen atoms in total. The molecule has 0 saturated heterocycles. The van der Waals surface area contributed by atoms with Gasteiger partial charge in [0, 0.05) is 28.7 Å². The number of aryl methyl sites for hydroxylation is 2. The molecular weight excluding hydrogens is 393 g/mol. The number of aromatic nitrogens is 2. The zero-order chi connectivity index (χ0) is 20.4. The molecule has 0 spiro atoms. The van der Waals surface area contributed by atoms with Gasteiger partial charge in [0.1, 0.15) is 16.9 Å². The standard InChI is InChI=1S/C21H20FN3O3S/c1-9-16-19(26)12(21(27)28)8-25(10-5-6-10)20(16)24-18(17(9)22)15-7-11-13(23)3-2-4-14(11)29-15/h7-8,10,13H,2-6,23H2,1H3,(H,27,28). The summed E-state index contributed by atoms with van der Waals surface area (Å²) < 4.78 is 17.1. The Morgan fingerprint density at radius 2 is 2.14 bits per heavy atom. The van der Waals surface area contributed by atoms with Gasteiger partial charge in [-0.3, -0.25) is 4.79 Å². The molecule has 2 aliphatic rings. The number of carbonyl (C=O) groups is 1. The van der Waals surface area contributed by atoms with Crippen LogP contribution in [-0.2, 0) is 6.42 Å². The van der Waals surface area contributed by atoms with Crippen LogP contribution in [0.5, 0.6) is 0 Å². The van der Waals surface area contributed by atoms with Crippen LogP contribution in [0.3, 0.4) is 0 Å². The van der Waals surface area contributed by atoms with Crippen molar-refractivity contribution in [3.8, 4) is 10.6 Å². The van der Waals surface area contributed by atoms with E-state index in [0.717, 1.165) is 37.7 Å². The third-order valence-corrected chi connectivity index (χ3v) is 7.12. The zero-order valence-corrected chi connectivity index (χ0v) is 16.7. The Labute approximate surface area is 169 Å². The predicted octanol–water partition coefficient (Wildman–Crippen LogP) is 3.94. The maximum absolute atomic E-state index is 15.4. The molecule has 3 N–H and O–H groups in total. The number of carboxylic acid groups (broad SMARTS) is 1. The first-order chi connectivity index (χ1) is 13.9. The van der Waals surface area contributed by atoms with Gasteiger partial charge in [-0.25, -0.2) is 14.2 Å². The topological polar surface area (TPSA) is 98.2 Å². The Morgan fingerprint density at radius 1 is 1.38 bits per heavy atom. The second-order valence-corrected chi connectivity index (χ2v) is 9.04. The molecule has 0 amide bonds. The summed E-state index contributed by atoms with van der Waals surface area (Å²) in [4.78, 5) is 30.8. The van der Waals surface area contributed by atoms with E-state index in [1.807, 2.05) is 6.07 Å². The summed E-state index contributed by atoms with van der Waals surface area (Å²) in [6.45, 7) is 1.52. The number of carboxylic acids is 1. The highest BCUT2D eigenvalue weighted by molar-refractivity contribution is 7.15. The van der Waals surface area contributed by atoms with E-state index in [0.29, 0.717) is 10.5 Å². The van der Waals surface area contributed by atoms with Crippen LogP contribution >= 0.6 is 11.3 Å². The first-order valence-electron chi connectivity index (χ1n) is 9.73. The quantitative estimate of drug-likeness (QED) is 0.678. The van der Waals surface area contributed by atoms with E-state index in [1.165, 1.54) is 29.3 Å². The summed E-state index contributed by atoms with van der Waals surface area (Å²) in [5.41, 5.74) is 6.94. The van der Waals surface area contributed by atoms with Gasteiger partial charge in [0.2, 0.25) is 5.43 Å². The summed E-state index contributed by atoms with van der Waals surface area (Å²) in [5.74, 6) is -1.89. The minimum atomic E-state index is -1.31. The monoisotopic (exact) mass is 413 g/mol. The molecule has 8 heteroatoms. The molecular formula is C21H20FN3O3S. The van der Waals surface area contributed by atoms with Gasteiger partial charge in [0.25, 0.3) is 0 Å². The summed E-state index contributed by atoms with van der Waals surface area (Å²) in [5, 5.41) is 9.48. The number of halogens is 1. The van der Waals surface area contributed by atoms with Gasteiger partial charge in [-0.05, 0) is 50.7 Å². The number of pyridine rings is 2. The number of thiophene rings is 1. The number of nitrogens with zero attached hydrogens (tertiary/aromatic N) is 2. The van der Waals surface area contributed by atoms with Crippen LogP contribution in [0.25, 0.3) is 21.6 Å². The molecule has 29 heavy (non-hydrogen) atoms. The van der Waals surface area contributed by atoms with Gasteiger partial charge in [0.05, 0.1) is 10.3 Å². The fourth-order valence-corrected chi connectivity index (χ4v) is 5.43. The minimum Gasteiger partial charge on any atom is -0.477 e. The third kappa shape index (κ3) is 2.81. The molecule has 2 aliphatic carbocycles. The SMILES string of the molecule is Cc1c(F)c(-c2cc3c(s2)CCCC3N)nc2c1c(=O)c(C(=O)O)cn2C1CC1. The largest absolute Gasteiger partial charge is 0.477 e. The fraction of sp³-hybridized carbons (Fsp3) is 0.381. The van der Waals surface area contributed by atoms with Crippen LogP contribution in [-0.4, -0.2) is 20.6 Å². The summed E-state index contributed by atoms with van der Waals surface area (Å²) in [6.07, 6.45) is 5.97. The third-order valence-electron chi connectivity index (χ3n) is 5.90. The van der Waals surface area contributed by atoms with E-state index in [-0.39, 0.29) is 34.3 Å². The van der Waals surface area contributed by atoms with Crippen LogP contribution in [0.4, 0.5) is 4.39 Å². The molecule has 0 aliphatic heterocycles. The summed E-state index contributed by atoms with van der Waals surface area (Å²) >= 11 is 1.50. The van der Waals surface area contributed by atoms with Crippen LogP contribution < -0.4 is 11.2 Å². The molecule has 3 aromatic rings. The van der Waals surface area contributed by atoms with Gasteiger partial charge in [0.15, 0.2) is 5.82 Å². The summed E-state index contributed by atoms with van der Waals surface area (Å²) in [6, 6.07) is 1.97. The molecule has 0 radical (unpaired) electrons. The average molecular weight is 413 g/mol. The van der Waals surface area contributed by atoms with Gasteiger partial charge in [-0.1, -0.05) is 0 Å². The lowest BCUT2D eigenvalue weighted by molar-refractivity contribution is 0.0695. The molecule has 150 valence electrons. The van der Waals surface area contributed by atoms with Gasteiger partial charge >= 0.3 is 5.97 Å². The van der Waals surface area contributed by atoms with E-state index in [4.69, 9.17) is 5.73 Å². The molecule has 1 atom stereocenters.